The molecule has 0 unspecified atom stereocenters. The summed E-state index contributed by atoms with van der Waals surface area (Å²) in [5, 5.41) is 4.02. The molecule has 1 saturated heterocycles. The zero-order valence-electron chi connectivity index (χ0n) is 15.5. The molecule has 0 bridgehead atoms. The van der Waals surface area contributed by atoms with Crippen molar-refractivity contribution in [3.63, 3.8) is 0 Å². The minimum Gasteiger partial charge on any atom is -0.497 e. The van der Waals surface area contributed by atoms with Crippen molar-refractivity contribution in [3.05, 3.63) is 42.6 Å². The second-order valence-corrected chi connectivity index (χ2v) is 8.48. The van der Waals surface area contributed by atoms with E-state index in [0.29, 0.717) is 30.6 Å². The van der Waals surface area contributed by atoms with Gasteiger partial charge in [-0.25, -0.2) is 13.4 Å². The first-order chi connectivity index (χ1) is 13.6. The van der Waals surface area contributed by atoms with Crippen molar-refractivity contribution in [1.82, 2.24) is 24.0 Å². The summed E-state index contributed by atoms with van der Waals surface area (Å²) >= 11 is 0. The van der Waals surface area contributed by atoms with Gasteiger partial charge in [0, 0.05) is 24.8 Å². The molecule has 1 fully saturated rings. The number of piperidine rings is 1. The van der Waals surface area contributed by atoms with E-state index in [9.17, 15) is 8.42 Å². The van der Waals surface area contributed by atoms with Gasteiger partial charge in [0.2, 0.25) is 0 Å². The van der Waals surface area contributed by atoms with E-state index < -0.39 is 10.0 Å². The Bertz CT molecular complexity index is 1050. The highest BCUT2D eigenvalue weighted by Crippen LogP contribution is 2.23. The van der Waals surface area contributed by atoms with Crippen LogP contribution in [0.1, 0.15) is 25.1 Å². The van der Waals surface area contributed by atoms with Gasteiger partial charge in [-0.15, -0.1) is 0 Å². The van der Waals surface area contributed by atoms with Crippen LogP contribution in [-0.4, -0.2) is 52.6 Å². The van der Waals surface area contributed by atoms with Gasteiger partial charge in [0.1, 0.15) is 5.75 Å². The second kappa shape index (κ2) is 7.72. The van der Waals surface area contributed by atoms with Gasteiger partial charge in [0.05, 0.1) is 20.0 Å². The summed E-state index contributed by atoms with van der Waals surface area (Å²) in [6.45, 7) is 1.35. The van der Waals surface area contributed by atoms with Crippen LogP contribution >= 0.6 is 0 Å². The topological polar surface area (TPSA) is 103 Å². The van der Waals surface area contributed by atoms with Gasteiger partial charge in [-0.05, 0) is 31.0 Å². The van der Waals surface area contributed by atoms with Gasteiger partial charge in [-0.1, -0.05) is 17.6 Å². The second-order valence-electron chi connectivity index (χ2n) is 6.60. The van der Waals surface area contributed by atoms with Crippen molar-refractivity contribution >= 4 is 10.0 Å². The highest BCUT2D eigenvalue weighted by atomic mass is 32.2. The van der Waals surface area contributed by atoms with Crippen molar-refractivity contribution < 1.29 is 17.7 Å². The molecule has 2 aromatic heterocycles. The fourth-order valence-corrected chi connectivity index (χ4v) is 4.60. The van der Waals surface area contributed by atoms with E-state index in [1.165, 1.54) is 16.8 Å². The number of hydrogen-bond donors (Lipinski definition) is 0. The Balaban J connectivity index is 1.49. The molecule has 0 N–H and O–H groups in total. The van der Waals surface area contributed by atoms with E-state index in [-0.39, 0.29) is 11.6 Å². The average molecular weight is 403 g/mol. The molecular formula is C18H21N5O4S. The van der Waals surface area contributed by atoms with E-state index in [4.69, 9.17) is 9.26 Å². The smallest absolute Gasteiger partial charge is 0.262 e. The number of benzene rings is 1. The predicted molar refractivity (Wildman–Crippen MR) is 100 cm³/mol. The van der Waals surface area contributed by atoms with Crippen LogP contribution in [0, 0.1) is 0 Å². The zero-order valence-corrected chi connectivity index (χ0v) is 16.3. The normalized spacial score (nSPS) is 15.6. The summed E-state index contributed by atoms with van der Waals surface area (Å²) in [5.41, 5.74) is 0.747. The lowest BCUT2D eigenvalue weighted by molar-refractivity contribution is 0.345. The minimum absolute atomic E-state index is 0.0471. The Morgan fingerprint density at radius 2 is 2.04 bits per heavy atom. The van der Waals surface area contributed by atoms with Gasteiger partial charge in [0.15, 0.2) is 10.9 Å². The van der Waals surface area contributed by atoms with Crippen LogP contribution in [0.15, 0.2) is 46.3 Å². The lowest BCUT2D eigenvalue weighted by atomic mass is 10.2. The first-order valence-electron chi connectivity index (χ1n) is 9.05. The Labute approximate surface area is 163 Å². The first kappa shape index (κ1) is 18.6. The van der Waals surface area contributed by atoms with E-state index in [2.05, 4.69) is 15.1 Å². The van der Waals surface area contributed by atoms with Crippen molar-refractivity contribution in [2.45, 2.75) is 30.8 Å². The van der Waals surface area contributed by atoms with Crippen molar-refractivity contribution in [3.8, 4) is 17.2 Å². The molecule has 4 rings (SSSR count). The quantitative estimate of drug-likeness (QED) is 0.621. The fraction of sp³-hybridized carbons (Fsp3) is 0.389. The van der Waals surface area contributed by atoms with Crippen LogP contribution in [0.25, 0.3) is 11.5 Å². The Hall–Kier alpha value is -2.72. The SMILES string of the molecule is COc1cccc(-c2nc(Cn3cnc(S(=O)(=O)N4CCCCC4)c3)no2)c1. The van der Waals surface area contributed by atoms with Crippen LogP contribution in [0.3, 0.4) is 0 Å². The number of hydrogen-bond acceptors (Lipinski definition) is 7. The predicted octanol–water partition coefficient (Wildman–Crippen LogP) is 2.16. The molecule has 0 spiro atoms. The molecule has 0 radical (unpaired) electrons. The number of sulfonamides is 1. The van der Waals surface area contributed by atoms with E-state index in [1.54, 1.807) is 17.7 Å². The summed E-state index contributed by atoms with van der Waals surface area (Å²) in [7, 11) is -1.97. The number of rotatable bonds is 6. The maximum Gasteiger partial charge on any atom is 0.262 e. The van der Waals surface area contributed by atoms with E-state index in [0.717, 1.165) is 24.8 Å². The van der Waals surface area contributed by atoms with Crippen LogP contribution in [-0.2, 0) is 16.6 Å². The third-order valence-electron chi connectivity index (χ3n) is 4.64. The van der Waals surface area contributed by atoms with Gasteiger partial charge < -0.3 is 13.8 Å². The summed E-state index contributed by atoms with van der Waals surface area (Å²) in [6, 6.07) is 7.32. The zero-order chi connectivity index (χ0) is 19.6. The Kier molecular flexibility index (Phi) is 5.14. The monoisotopic (exact) mass is 403 g/mol. The Morgan fingerprint density at radius 1 is 1.21 bits per heavy atom. The molecular weight excluding hydrogens is 382 g/mol. The highest BCUT2D eigenvalue weighted by Gasteiger charge is 2.28. The molecule has 1 aromatic carbocycles. The van der Waals surface area contributed by atoms with Crippen molar-refractivity contribution in [2.24, 2.45) is 0 Å². The lowest BCUT2D eigenvalue weighted by Crippen LogP contribution is -2.35. The molecule has 0 aliphatic carbocycles. The van der Waals surface area contributed by atoms with E-state index in [1.807, 2.05) is 18.2 Å². The molecule has 1 aliphatic rings. The summed E-state index contributed by atoms with van der Waals surface area (Å²) in [6.07, 6.45) is 5.81. The van der Waals surface area contributed by atoms with E-state index >= 15 is 0 Å². The minimum atomic E-state index is -3.56. The summed E-state index contributed by atoms with van der Waals surface area (Å²) < 4.78 is 39.0. The number of methoxy groups -OCH3 is 1. The number of imidazole rings is 1. The molecule has 148 valence electrons. The average Bonchev–Trinajstić information content (AvgIpc) is 3.39. The molecule has 28 heavy (non-hydrogen) atoms. The molecule has 1 aliphatic heterocycles. The van der Waals surface area contributed by atoms with Crippen LogP contribution < -0.4 is 4.74 Å². The fourth-order valence-electron chi connectivity index (χ4n) is 3.15. The van der Waals surface area contributed by atoms with Gasteiger partial charge >= 0.3 is 0 Å². The van der Waals surface area contributed by atoms with Gasteiger partial charge in [-0.2, -0.15) is 9.29 Å². The summed E-state index contributed by atoms with van der Waals surface area (Å²) in [5.74, 6) is 1.49. The van der Waals surface area contributed by atoms with Gasteiger partial charge in [0.25, 0.3) is 15.9 Å². The molecule has 3 heterocycles. The maximum atomic E-state index is 12.7. The third kappa shape index (κ3) is 3.78. The number of ether oxygens (including phenoxy) is 1. The van der Waals surface area contributed by atoms with Gasteiger partial charge in [-0.3, -0.25) is 0 Å². The standard InChI is InChI=1S/C18H21N5O4S/c1-26-15-7-5-6-14(10-15)18-20-16(21-27-18)11-22-12-17(19-13-22)28(24,25)23-8-3-2-4-9-23/h5-7,10,12-13H,2-4,8-9,11H2,1H3. The van der Waals surface area contributed by atoms with Crippen LogP contribution in [0.5, 0.6) is 5.75 Å². The van der Waals surface area contributed by atoms with Crippen molar-refractivity contribution in [2.75, 3.05) is 20.2 Å². The van der Waals surface area contributed by atoms with Crippen LogP contribution in [0.4, 0.5) is 0 Å². The van der Waals surface area contributed by atoms with Crippen molar-refractivity contribution in [1.29, 1.82) is 0 Å². The first-order valence-corrected chi connectivity index (χ1v) is 10.5. The molecule has 0 atom stereocenters. The third-order valence-corrected chi connectivity index (χ3v) is 6.42. The van der Waals surface area contributed by atoms with Crippen LogP contribution in [0.2, 0.25) is 0 Å². The molecule has 0 amide bonds. The lowest BCUT2D eigenvalue weighted by Gasteiger charge is -2.24. The largest absolute Gasteiger partial charge is 0.497 e. The summed E-state index contributed by atoms with van der Waals surface area (Å²) in [4.78, 5) is 8.45. The maximum absolute atomic E-state index is 12.7. The molecule has 0 saturated carbocycles. The number of aromatic nitrogens is 4. The Morgan fingerprint density at radius 3 is 2.82 bits per heavy atom. The molecule has 3 aromatic rings. The molecule has 10 heteroatoms. The number of nitrogens with zero attached hydrogens (tertiary/aromatic N) is 5. The highest BCUT2D eigenvalue weighted by molar-refractivity contribution is 7.89. The molecule has 9 nitrogen and oxygen atoms in total.